The van der Waals surface area contributed by atoms with Crippen LogP contribution in [0.1, 0.15) is 25.3 Å². The average Bonchev–Trinajstić information content (AvgIpc) is 2.26. The van der Waals surface area contributed by atoms with Crippen LogP contribution in [0.15, 0.2) is 24.3 Å². The van der Waals surface area contributed by atoms with Crippen LogP contribution in [0, 0.1) is 0 Å². The lowest BCUT2D eigenvalue weighted by atomic mass is 10.0. The Bertz CT molecular complexity index is 301. The first-order valence-corrected chi connectivity index (χ1v) is 5.62. The lowest BCUT2D eigenvalue weighted by molar-refractivity contribution is 0.0130. The highest BCUT2D eigenvalue weighted by atomic mass is 35.5. The van der Waals surface area contributed by atoms with E-state index in [1.54, 1.807) is 0 Å². The molecule has 0 aliphatic heterocycles. The molecular formula is C12H17ClO2. The van der Waals surface area contributed by atoms with Crippen LogP contribution in [-0.4, -0.2) is 22.4 Å². The molecule has 0 heterocycles. The van der Waals surface area contributed by atoms with Crippen LogP contribution < -0.4 is 0 Å². The number of aliphatic hydroxyl groups is 2. The van der Waals surface area contributed by atoms with Crippen LogP contribution >= 0.6 is 11.6 Å². The fourth-order valence-corrected chi connectivity index (χ4v) is 1.70. The van der Waals surface area contributed by atoms with Gasteiger partial charge in [-0.05, 0) is 30.9 Å². The molecule has 2 atom stereocenters. The quantitative estimate of drug-likeness (QED) is 0.813. The highest BCUT2D eigenvalue weighted by Crippen LogP contribution is 2.18. The highest BCUT2D eigenvalue weighted by molar-refractivity contribution is 6.31. The van der Waals surface area contributed by atoms with E-state index < -0.39 is 12.2 Å². The van der Waals surface area contributed by atoms with Crippen molar-refractivity contribution in [1.29, 1.82) is 0 Å². The Balaban J connectivity index is 2.47. The van der Waals surface area contributed by atoms with Crippen molar-refractivity contribution in [2.75, 3.05) is 0 Å². The minimum Gasteiger partial charge on any atom is -0.390 e. The maximum absolute atomic E-state index is 9.58. The van der Waals surface area contributed by atoms with Gasteiger partial charge in [0, 0.05) is 5.02 Å². The summed E-state index contributed by atoms with van der Waals surface area (Å²) in [5, 5.41) is 19.7. The molecule has 0 bridgehead atoms. The highest BCUT2D eigenvalue weighted by Gasteiger charge is 2.14. The van der Waals surface area contributed by atoms with E-state index in [9.17, 15) is 10.2 Å². The van der Waals surface area contributed by atoms with Crippen LogP contribution in [0.25, 0.3) is 0 Å². The molecule has 0 aliphatic carbocycles. The largest absolute Gasteiger partial charge is 0.390 e. The van der Waals surface area contributed by atoms with E-state index in [1.807, 2.05) is 31.2 Å². The van der Waals surface area contributed by atoms with Crippen molar-refractivity contribution < 1.29 is 10.2 Å². The molecule has 1 aromatic carbocycles. The van der Waals surface area contributed by atoms with E-state index in [1.165, 1.54) is 0 Å². The van der Waals surface area contributed by atoms with E-state index in [2.05, 4.69) is 0 Å². The second-order valence-corrected chi connectivity index (χ2v) is 4.08. The van der Waals surface area contributed by atoms with E-state index >= 15 is 0 Å². The number of hydrogen-bond acceptors (Lipinski definition) is 2. The Morgan fingerprint density at radius 3 is 2.47 bits per heavy atom. The SMILES string of the molecule is CCC(O)C(O)CCc1ccccc1Cl. The van der Waals surface area contributed by atoms with Crippen molar-refractivity contribution in [3.8, 4) is 0 Å². The molecule has 0 radical (unpaired) electrons. The summed E-state index contributed by atoms with van der Waals surface area (Å²) in [6.07, 6.45) is 0.513. The van der Waals surface area contributed by atoms with Crippen LogP contribution in [0.4, 0.5) is 0 Å². The Labute approximate surface area is 95.5 Å². The number of benzene rings is 1. The van der Waals surface area contributed by atoms with Crippen molar-refractivity contribution in [3.63, 3.8) is 0 Å². The summed E-state index contributed by atoms with van der Waals surface area (Å²) in [4.78, 5) is 0. The van der Waals surface area contributed by atoms with Gasteiger partial charge in [0.15, 0.2) is 0 Å². The first-order chi connectivity index (χ1) is 7.15. The monoisotopic (exact) mass is 228 g/mol. The number of rotatable bonds is 5. The molecule has 2 unspecified atom stereocenters. The number of aliphatic hydroxyl groups excluding tert-OH is 2. The molecule has 1 rings (SSSR count). The zero-order chi connectivity index (χ0) is 11.3. The molecule has 1 aromatic rings. The Morgan fingerprint density at radius 1 is 1.20 bits per heavy atom. The van der Waals surface area contributed by atoms with Crippen LogP contribution in [0.3, 0.4) is 0 Å². The Hall–Kier alpha value is -0.570. The lowest BCUT2D eigenvalue weighted by Crippen LogP contribution is -2.25. The molecule has 15 heavy (non-hydrogen) atoms. The number of hydrogen-bond donors (Lipinski definition) is 2. The van der Waals surface area contributed by atoms with Gasteiger partial charge < -0.3 is 10.2 Å². The summed E-state index contributed by atoms with van der Waals surface area (Å²) in [5.74, 6) is 0. The standard InChI is InChI=1S/C12H17ClO2/c1-2-11(14)12(15)8-7-9-5-3-4-6-10(9)13/h3-6,11-12,14-15H,2,7-8H2,1H3. The van der Waals surface area contributed by atoms with E-state index in [-0.39, 0.29) is 0 Å². The van der Waals surface area contributed by atoms with E-state index in [4.69, 9.17) is 11.6 Å². The third-order valence-corrected chi connectivity index (χ3v) is 2.90. The van der Waals surface area contributed by atoms with Crippen molar-refractivity contribution in [3.05, 3.63) is 34.9 Å². The molecule has 0 aliphatic rings. The van der Waals surface area contributed by atoms with Gasteiger partial charge in [-0.1, -0.05) is 36.7 Å². The molecular weight excluding hydrogens is 212 g/mol. The van der Waals surface area contributed by atoms with Crippen molar-refractivity contribution >= 4 is 11.6 Å². The molecule has 3 heteroatoms. The normalized spacial score (nSPS) is 14.9. The number of halogens is 1. The third-order valence-electron chi connectivity index (χ3n) is 2.53. The summed E-state index contributed by atoms with van der Waals surface area (Å²) in [5.41, 5.74) is 1.02. The summed E-state index contributed by atoms with van der Waals surface area (Å²) >= 11 is 5.98. The molecule has 0 saturated carbocycles. The summed E-state index contributed by atoms with van der Waals surface area (Å²) in [7, 11) is 0. The maximum atomic E-state index is 9.58. The second kappa shape index (κ2) is 6.11. The lowest BCUT2D eigenvalue weighted by Gasteiger charge is -2.16. The molecule has 0 spiro atoms. The Morgan fingerprint density at radius 2 is 1.87 bits per heavy atom. The fraction of sp³-hybridized carbons (Fsp3) is 0.500. The van der Waals surface area contributed by atoms with Crippen LogP contribution in [0.2, 0.25) is 5.02 Å². The van der Waals surface area contributed by atoms with Crippen LogP contribution in [-0.2, 0) is 6.42 Å². The molecule has 2 N–H and O–H groups in total. The predicted molar refractivity (Wildman–Crippen MR) is 62.1 cm³/mol. The van der Waals surface area contributed by atoms with Gasteiger partial charge in [0.2, 0.25) is 0 Å². The third kappa shape index (κ3) is 3.82. The predicted octanol–water partition coefficient (Wildman–Crippen LogP) is 2.40. The molecule has 0 saturated heterocycles. The van der Waals surface area contributed by atoms with Gasteiger partial charge in [-0.3, -0.25) is 0 Å². The molecule has 0 amide bonds. The van der Waals surface area contributed by atoms with Gasteiger partial charge in [-0.15, -0.1) is 0 Å². The number of aryl methyl sites for hydroxylation is 1. The molecule has 0 aromatic heterocycles. The smallest absolute Gasteiger partial charge is 0.0802 e. The first kappa shape index (κ1) is 12.5. The topological polar surface area (TPSA) is 40.5 Å². The Kier molecular flexibility index (Phi) is 5.09. The van der Waals surface area contributed by atoms with E-state index in [0.717, 1.165) is 10.6 Å². The summed E-state index contributed by atoms with van der Waals surface area (Å²) in [6, 6.07) is 7.57. The van der Waals surface area contributed by atoms with Crippen molar-refractivity contribution in [2.45, 2.75) is 38.4 Å². The van der Waals surface area contributed by atoms with Crippen molar-refractivity contribution in [1.82, 2.24) is 0 Å². The second-order valence-electron chi connectivity index (χ2n) is 3.67. The zero-order valence-electron chi connectivity index (χ0n) is 8.86. The fourth-order valence-electron chi connectivity index (χ4n) is 1.47. The van der Waals surface area contributed by atoms with Gasteiger partial charge in [-0.2, -0.15) is 0 Å². The van der Waals surface area contributed by atoms with Gasteiger partial charge in [0.05, 0.1) is 12.2 Å². The molecule has 84 valence electrons. The van der Waals surface area contributed by atoms with Gasteiger partial charge >= 0.3 is 0 Å². The zero-order valence-corrected chi connectivity index (χ0v) is 9.61. The van der Waals surface area contributed by atoms with Crippen molar-refractivity contribution in [2.24, 2.45) is 0 Å². The minimum absolute atomic E-state index is 0.540. The van der Waals surface area contributed by atoms with Crippen LogP contribution in [0.5, 0.6) is 0 Å². The molecule has 2 nitrogen and oxygen atoms in total. The average molecular weight is 229 g/mol. The minimum atomic E-state index is -0.661. The van der Waals surface area contributed by atoms with Gasteiger partial charge in [-0.25, -0.2) is 0 Å². The molecule has 0 fully saturated rings. The van der Waals surface area contributed by atoms with Gasteiger partial charge in [0.25, 0.3) is 0 Å². The first-order valence-electron chi connectivity index (χ1n) is 5.24. The van der Waals surface area contributed by atoms with Gasteiger partial charge in [0.1, 0.15) is 0 Å². The maximum Gasteiger partial charge on any atom is 0.0802 e. The summed E-state index contributed by atoms with van der Waals surface area (Å²) < 4.78 is 0. The van der Waals surface area contributed by atoms with E-state index in [0.29, 0.717) is 19.3 Å². The summed E-state index contributed by atoms with van der Waals surface area (Å²) in [6.45, 7) is 1.85.